The molecule has 3 saturated heterocycles. The molecule has 3 saturated carbocycles. The summed E-state index contributed by atoms with van der Waals surface area (Å²) in [5.41, 5.74) is 0. The normalized spacial score (nSPS) is 54.9. The summed E-state index contributed by atoms with van der Waals surface area (Å²) < 4.78 is 0. The van der Waals surface area contributed by atoms with Crippen molar-refractivity contribution in [1.82, 2.24) is 14.7 Å². The highest BCUT2D eigenvalue weighted by atomic mass is 15.2. The third kappa shape index (κ3) is 2.71. The van der Waals surface area contributed by atoms with E-state index in [1.165, 1.54) is 77.8 Å². The average Bonchev–Trinajstić information content (AvgIpc) is 3.30. The molecule has 6 atom stereocenters. The van der Waals surface area contributed by atoms with Gasteiger partial charge >= 0.3 is 0 Å². The Kier molecular flexibility index (Phi) is 4.00. The van der Waals surface area contributed by atoms with Crippen LogP contribution in [0.5, 0.6) is 0 Å². The fraction of sp³-hybridized carbons (Fsp3) is 1.00. The lowest BCUT2D eigenvalue weighted by Gasteiger charge is -2.29. The van der Waals surface area contributed by atoms with Gasteiger partial charge in [-0.15, -0.1) is 0 Å². The van der Waals surface area contributed by atoms with Crippen molar-refractivity contribution < 1.29 is 0 Å². The van der Waals surface area contributed by atoms with Crippen molar-refractivity contribution in [3.8, 4) is 0 Å². The van der Waals surface area contributed by atoms with Crippen LogP contribution in [-0.4, -0.2) is 73.1 Å². The number of rotatable bonds is 2. The monoisotopic (exact) mass is 357 g/mol. The van der Waals surface area contributed by atoms with Crippen LogP contribution in [0.4, 0.5) is 0 Å². The summed E-state index contributed by atoms with van der Waals surface area (Å²) in [6.07, 6.45) is 9.11. The van der Waals surface area contributed by atoms with Gasteiger partial charge in [0.25, 0.3) is 0 Å². The average molecular weight is 358 g/mol. The van der Waals surface area contributed by atoms with Gasteiger partial charge in [0.2, 0.25) is 0 Å². The van der Waals surface area contributed by atoms with E-state index in [1.807, 2.05) is 0 Å². The molecular weight excluding hydrogens is 318 g/mol. The highest BCUT2D eigenvalue weighted by Gasteiger charge is 2.49. The minimum Gasteiger partial charge on any atom is -0.306 e. The molecule has 0 N–H and O–H groups in total. The van der Waals surface area contributed by atoms with Crippen molar-refractivity contribution in [2.75, 3.05) is 46.3 Å². The smallest absolute Gasteiger partial charge is 0.0102 e. The quantitative estimate of drug-likeness (QED) is 0.752. The van der Waals surface area contributed by atoms with Gasteiger partial charge in [0.05, 0.1) is 0 Å². The van der Waals surface area contributed by atoms with Crippen LogP contribution in [0.1, 0.15) is 45.4 Å². The maximum Gasteiger partial charge on any atom is 0.0102 e. The van der Waals surface area contributed by atoms with E-state index < -0.39 is 0 Å². The largest absolute Gasteiger partial charge is 0.306 e. The Morgan fingerprint density at radius 3 is 1.27 bits per heavy atom. The van der Waals surface area contributed by atoms with Gasteiger partial charge in [-0.25, -0.2) is 0 Å². The van der Waals surface area contributed by atoms with Crippen LogP contribution >= 0.6 is 0 Å². The van der Waals surface area contributed by atoms with E-state index in [1.54, 1.807) is 0 Å². The van der Waals surface area contributed by atoms with Gasteiger partial charge in [-0.2, -0.15) is 0 Å². The van der Waals surface area contributed by atoms with Crippen LogP contribution in [0.3, 0.4) is 0 Å². The molecule has 0 bridgehead atoms. The lowest BCUT2D eigenvalue weighted by atomic mass is 10.0. The molecular formula is C23H39N3. The van der Waals surface area contributed by atoms with Crippen LogP contribution in [0.15, 0.2) is 0 Å². The van der Waals surface area contributed by atoms with E-state index >= 15 is 0 Å². The van der Waals surface area contributed by atoms with E-state index in [2.05, 4.69) is 28.7 Å². The Labute approximate surface area is 160 Å². The molecule has 6 rings (SSSR count). The molecule has 26 heavy (non-hydrogen) atoms. The first kappa shape index (κ1) is 16.8. The van der Waals surface area contributed by atoms with E-state index in [0.717, 1.165) is 53.5 Å². The van der Waals surface area contributed by atoms with Gasteiger partial charge < -0.3 is 4.90 Å². The fourth-order valence-electron chi connectivity index (χ4n) is 8.64. The Hall–Kier alpha value is -0.120. The number of fused-ring (bicyclic) bond motifs is 3. The summed E-state index contributed by atoms with van der Waals surface area (Å²) in [6, 6.07) is 1.89. The predicted octanol–water partition coefficient (Wildman–Crippen LogP) is 3.01. The van der Waals surface area contributed by atoms with E-state index in [4.69, 9.17) is 0 Å². The van der Waals surface area contributed by atoms with E-state index in [9.17, 15) is 0 Å². The Bertz CT molecular complexity index is 462. The van der Waals surface area contributed by atoms with Gasteiger partial charge in [-0.3, -0.25) is 9.80 Å². The standard InChI is InChI=1S/C23H39N3/c1-15-3-16-11-25(12-17(16)4-15)23-7-20-13-26(14-21(20)8-23)22-5-18-9-24(2)10-19(18)6-22/h15-23H,3-14H2,1-2H3. The Morgan fingerprint density at radius 1 is 0.500 bits per heavy atom. The number of nitrogens with zero attached hydrogens (tertiary/aromatic N) is 3. The SMILES string of the molecule is CC1CC2CN(C3CC4CN(C5CC6CN(C)CC6C5)CC4C3)CC2C1. The maximum atomic E-state index is 2.95. The number of hydrogen-bond acceptors (Lipinski definition) is 3. The van der Waals surface area contributed by atoms with Crippen molar-refractivity contribution in [1.29, 1.82) is 0 Å². The van der Waals surface area contributed by atoms with Gasteiger partial charge in [0.15, 0.2) is 0 Å². The molecule has 6 fully saturated rings. The molecule has 0 spiro atoms. The van der Waals surface area contributed by atoms with Crippen LogP contribution < -0.4 is 0 Å². The summed E-state index contributed by atoms with van der Waals surface area (Å²) >= 11 is 0. The predicted molar refractivity (Wildman–Crippen MR) is 106 cm³/mol. The topological polar surface area (TPSA) is 9.72 Å². The first-order valence-corrected chi connectivity index (χ1v) is 11.8. The van der Waals surface area contributed by atoms with Crippen LogP contribution in [0, 0.1) is 41.4 Å². The van der Waals surface area contributed by atoms with Crippen molar-refractivity contribution >= 4 is 0 Å². The van der Waals surface area contributed by atoms with Gasteiger partial charge in [-0.1, -0.05) is 6.92 Å². The molecule has 0 radical (unpaired) electrons. The second kappa shape index (κ2) is 6.19. The Balaban J connectivity index is 1.03. The molecule has 0 aromatic heterocycles. The van der Waals surface area contributed by atoms with Gasteiger partial charge in [0.1, 0.15) is 0 Å². The zero-order valence-corrected chi connectivity index (χ0v) is 17.0. The molecule has 0 amide bonds. The van der Waals surface area contributed by atoms with E-state index in [0.29, 0.717) is 0 Å². The lowest BCUT2D eigenvalue weighted by Crippen LogP contribution is -2.37. The third-order valence-electron chi connectivity index (χ3n) is 9.71. The van der Waals surface area contributed by atoms with Crippen molar-refractivity contribution in [2.24, 2.45) is 41.4 Å². The molecule has 6 unspecified atom stereocenters. The zero-order chi connectivity index (χ0) is 17.4. The highest BCUT2D eigenvalue weighted by molar-refractivity contribution is 5.03. The molecule has 0 aromatic carbocycles. The van der Waals surface area contributed by atoms with Gasteiger partial charge in [-0.05, 0) is 87.0 Å². The maximum absolute atomic E-state index is 2.95. The van der Waals surface area contributed by atoms with Crippen molar-refractivity contribution in [2.45, 2.75) is 57.5 Å². The zero-order valence-electron chi connectivity index (χ0n) is 17.0. The highest BCUT2D eigenvalue weighted by Crippen LogP contribution is 2.48. The van der Waals surface area contributed by atoms with Crippen LogP contribution in [-0.2, 0) is 0 Å². The summed E-state index contributed by atoms with van der Waals surface area (Å²) in [4.78, 5) is 8.46. The number of hydrogen-bond donors (Lipinski definition) is 0. The van der Waals surface area contributed by atoms with Crippen molar-refractivity contribution in [3.63, 3.8) is 0 Å². The molecule has 146 valence electrons. The summed E-state index contributed by atoms with van der Waals surface area (Å²) in [7, 11) is 2.32. The van der Waals surface area contributed by atoms with Crippen LogP contribution in [0.25, 0.3) is 0 Å². The van der Waals surface area contributed by atoms with Crippen LogP contribution in [0.2, 0.25) is 0 Å². The summed E-state index contributed by atoms with van der Waals surface area (Å²) in [5, 5.41) is 0. The fourth-order valence-corrected chi connectivity index (χ4v) is 8.64. The molecule has 3 aliphatic heterocycles. The third-order valence-corrected chi connectivity index (χ3v) is 9.71. The summed E-state index contributed by atoms with van der Waals surface area (Å²) in [5.74, 6) is 7.21. The molecule has 0 aromatic rings. The first-order valence-electron chi connectivity index (χ1n) is 11.8. The molecule has 3 nitrogen and oxygen atoms in total. The lowest BCUT2D eigenvalue weighted by molar-refractivity contribution is 0.177. The molecule has 6 aliphatic rings. The minimum absolute atomic E-state index is 0.940. The van der Waals surface area contributed by atoms with Crippen molar-refractivity contribution in [3.05, 3.63) is 0 Å². The second-order valence-electron chi connectivity index (χ2n) is 11.5. The number of likely N-dealkylation sites (tertiary alicyclic amines) is 3. The molecule has 3 heterocycles. The minimum atomic E-state index is 0.940. The Morgan fingerprint density at radius 2 is 0.846 bits per heavy atom. The van der Waals surface area contributed by atoms with E-state index in [-0.39, 0.29) is 0 Å². The van der Waals surface area contributed by atoms with Gasteiger partial charge in [0, 0.05) is 51.4 Å². The molecule has 3 heteroatoms. The second-order valence-corrected chi connectivity index (χ2v) is 11.5. The first-order chi connectivity index (χ1) is 12.6. The molecule has 3 aliphatic carbocycles. The summed E-state index contributed by atoms with van der Waals surface area (Å²) in [6.45, 7) is 11.0.